The van der Waals surface area contributed by atoms with E-state index in [0.717, 1.165) is 5.56 Å². The van der Waals surface area contributed by atoms with Crippen LogP contribution in [0.15, 0.2) is 24.8 Å². The van der Waals surface area contributed by atoms with Crippen molar-refractivity contribution in [1.29, 1.82) is 0 Å². The molecule has 82 valence electrons. The van der Waals surface area contributed by atoms with Crippen molar-refractivity contribution in [1.82, 2.24) is 19.9 Å². The van der Waals surface area contributed by atoms with Gasteiger partial charge in [-0.15, -0.1) is 0 Å². The van der Waals surface area contributed by atoms with E-state index >= 15 is 0 Å². The van der Waals surface area contributed by atoms with Gasteiger partial charge in [0.15, 0.2) is 5.82 Å². The van der Waals surface area contributed by atoms with Crippen LogP contribution in [0.25, 0.3) is 11.4 Å². The summed E-state index contributed by atoms with van der Waals surface area (Å²) in [6, 6.07) is 0. The van der Waals surface area contributed by atoms with Crippen LogP contribution in [0.1, 0.15) is 25.3 Å². The van der Waals surface area contributed by atoms with Crippen molar-refractivity contribution in [3.63, 3.8) is 0 Å². The molecular weight excluding hydrogens is 207 g/mol. The number of rotatable bonds is 2. The van der Waals surface area contributed by atoms with Crippen molar-refractivity contribution >= 4 is 0 Å². The maximum absolute atomic E-state index is 12.5. The van der Waals surface area contributed by atoms with Crippen LogP contribution in [-0.2, 0) is 0 Å². The van der Waals surface area contributed by atoms with Crippen molar-refractivity contribution in [3.05, 3.63) is 36.4 Å². The van der Waals surface area contributed by atoms with Crippen LogP contribution >= 0.6 is 0 Å². The zero-order chi connectivity index (χ0) is 11.5. The number of halogens is 1. The lowest BCUT2D eigenvalue weighted by Gasteiger charge is -2.04. The Morgan fingerprint density at radius 1 is 0.938 bits per heavy atom. The first-order valence-electron chi connectivity index (χ1n) is 4.96. The lowest BCUT2D eigenvalue weighted by atomic mass is 10.1. The van der Waals surface area contributed by atoms with Gasteiger partial charge in [0.1, 0.15) is 0 Å². The summed E-state index contributed by atoms with van der Waals surface area (Å²) in [5.74, 6) is 0.892. The van der Waals surface area contributed by atoms with Gasteiger partial charge in [-0.1, -0.05) is 13.8 Å². The molecule has 0 aliphatic heterocycles. The third kappa shape index (κ3) is 2.18. The molecule has 2 aromatic rings. The zero-order valence-electron chi connectivity index (χ0n) is 9.05. The van der Waals surface area contributed by atoms with E-state index in [4.69, 9.17) is 0 Å². The van der Waals surface area contributed by atoms with E-state index in [9.17, 15) is 4.39 Å². The molecule has 0 fully saturated rings. The monoisotopic (exact) mass is 218 g/mol. The van der Waals surface area contributed by atoms with Crippen molar-refractivity contribution in [2.75, 3.05) is 0 Å². The third-order valence-electron chi connectivity index (χ3n) is 2.22. The van der Waals surface area contributed by atoms with Crippen LogP contribution < -0.4 is 0 Å². The fourth-order valence-electron chi connectivity index (χ4n) is 1.21. The molecule has 0 N–H and O–H groups in total. The second-order valence-electron chi connectivity index (χ2n) is 3.74. The summed E-state index contributed by atoms with van der Waals surface area (Å²) in [6.07, 6.45) is 5.51. The van der Waals surface area contributed by atoms with Gasteiger partial charge < -0.3 is 0 Å². The Balaban J connectivity index is 2.31. The minimum Gasteiger partial charge on any atom is -0.236 e. The number of aromatic nitrogens is 4. The summed E-state index contributed by atoms with van der Waals surface area (Å²) < 4.78 is 12.5. The summed E-state index contributed by atoms with van der Waals surface area (Å²) in [6.45, 7) is 4.14. The molecular formula is C11H11FN4. The van der Waals surface area contributed by atoms with E-state index in [1.165, 1.54) is 12.4 Å². The molecule has 0 aliphatic carbocycles. The fourth-order valence-corrected chi connectivity index (χ4v) is 1.21. The van der Waals surface area contributed by atoms with Crippen molar-refractivity contribution in [3.8, 4) is 11.4 Å². The molecule has 0 amide bonds. The molecule has 0 saturated carbocycles. The summed E-state index contributed by atoms with van der Waals surface area (Å²) in [4.78, 5) is 15.3. The molecule has 0 atom stereocenters. The highest BCUT2D eigenvalue weighted by Crippen LogP contribution is 2.15. The molecule has 0 unspecified atom stereocenters. The average molecular weight is 218 g/mol. The van der Waals surface area contributed by atoms with Crippen LogP contribution in [0.5, 0.6) is 0 Å². The Labute approximate surface area is 92.6 Å². The molecule has 0 saturated heterocycles. The predicted octanol–water partition coefficient (Wildman–Crippen LogP) is 2.20. The minimum absolute atomic E-state index is 0.388. The molecule has 5 heteroatoms. The van der Waals surface area contributed by atoms with Gasteiger partial charge in [-0.25, -0.2) is 19.9 Å². The van der Waals surface area contributed by atoms with Crippen LogP contribution in [0.2, 0.25) is 0 Å². The first-order valence-corrected chi connectivity index (χ1v) is 4.96. The molecule has 0 aliphatic rings. The fraction of sp³-hybridized carbons (Fsp3) is 0.273. The van der Waals surface area contributed by atoms with Crippen molar-refractivity contribution < 1.29 is 4.39 Å². The zero-order valence-corrected chi connectivity index (χ0v) is 9.05. The molecule has 0 bridgehead atoms. The maximum atomic E-state index is 12.5. The molecule has 16 heavy (non-hydrogen) atoms. The van der Waals surface area contributed by atoms with Gasteiger partial charge in [0.05, 0.1) is 5.56 Å². The number of hydrogen-bond acceptors (Lipinski definition) is 4. The van der Waals surface area contributed by atoms with E-state index in [-0.39, 0.29) is 0 Å². The molecule has 4 nitrogen and oxygen atoms in total. The van der Waals surface area contributed by atoms with E-state index in [1.807, 2.05) is 0 Å². The van der Waals surface area contributed by atoms with Gasteiger partial charge >= 0.3 is 6.08 Å². The van der Waals surface area contributed by atoms with Crippen LogP contribution in [0.4, 0.5) is 4.39 Å². The third-order valence-corrected chi connectivity index (χ3v) is 2.22. The molecule has 0 spiro atoms. The lowest BCUT2D eigenvalue weighted by Crippen LogP contribution is -1.96. The van der Waals surface area contributed by atoms with Crippen molar-refractivity contribution in [2.24, 2.45) is 0 Å². The quantitative estimate of drug-likeness (QED) is 0.725. The summed E-state index contributed by atoms with van der Waals surface area (Å²) in [5.41, 5.74) is 1.67. The van der Waals surface area contributed by atoms with Gasteiger partial charge in [-0.2, -0.15) is 4.39 Å². The second-order valence-corrected chi connectivity index (χ2v) is 3.74. The van der Waals surface area contributed by atoms with Gasteiger partial charge in [0, 0.05) is 24.8 Å². The standard InChI is InChI=1S/C11H11FN4/c1-7(2)8-3-13-10(14-4-8)9-5-15-11(12)16-6-9/h3-7H,1-2H3. The summed E-state index contributed by atoms with van der Waals surface area (Å²) >= 11 is 0. The normalized spacial score (nSPS) is 10.8. The SMILES string of the molecule is CC(C)c1cnc(-c2cnc(F)nc2)nc1. The molecule has 2 heterocycles. The second kappa shape index (κ2) is 4.30. The van der Waals surface area contributed by atoms with Gasteiger partial charge in [-0.3, -0.25) is 0 Å². The number of hydrogen-bond donors (Lipinski definition) is 0. The highest BCUT2D eigenvalue weighted by Gasteiger charge is 2.04. The average Bonchev–Trinajstić information content (AvgIpc) is 2.30. The Hall–Kier alpha value is -1.91. The minimum atomic E-state index is -0.748. The van der Waals surface area contributed by atoms with Crippen molar-refractivity contribution in [2.45, 2.75) is 19.8 Å². The summed E-state index contributed by atoms with van der Waals surface area (Å²) in [5, 5.41) is 0. The molecule has 0 aromatic carbocycles. The van der Waals surface area contributed by atoms with E-state index in [0.29, 0.717) is 17.3 Å². The lowest BCUT2D eigenvalue weighted by molar-refractivity contribution is 0.539. The molecule has 2 aromatic heterocycles. The Morgan fingerprint density at radius 3 is 2.00 bits per heavy atom. The predicted molar refractivity (Wildman–Crippen MR) is 57.1 cm³/mol. The Kier molecular flexibility index (Phi) is 2.85. The maximum Gasteiger partial charge on any atom is 0.308 e. The van der Waals surface area contributed by atoms with E-state index in [2.05, 4.69) is 33.8 Å². The number of nitrogens with zero attached hydrogens (tertiary/aromatic N) is 4. The molecule has 0 radical (unpaired) electrons. The van der Waals surface area contributed by atoms with E-state index in [1.54, 1.807) is 12.4 Å². The highest BCUT2D eigenvalue weighted by molar-refractivity contribution is 5.51. The first-order chi connectivity index (χ1) is 7.66. The largest absolute Gasteiger partial charge is 0.308 e. The van der Waals surface area contributed by atoms with Crippen LogP contribution in [0, 0.1) is 6.08 Å². The molecule has 2 rings (SSSR count). The van der Waals surface area contributed by atoms with E-state index < -0.39 is 6.08 Å². The summed E-state index contributed by atoms with van der Waals surface area (Å²) in [7, 11) is 0. The van der Waals surface area contributed by atoms with Gasteiger partial charge in [0.25, 0.3) is 0 Å². The highest BCUT2D eigenvalue weighted by atomic mass is 19.1. The van der Waals surface area contributed by atoms with Gasteiger partial charge in [0.2, 0.25) is 0 Å². The Morgan fingerprint density at radius 2 is 1.50 bits per heavy atom. The smallest absolute Gasteiger partial charge is 0.236 e. The first kappa shape index (κ1) is 10.6. The topological polar surface area (TPSA) is 51.6 Å². The van der Waals surface area contributed by atoms with Crippen LogP contribution in [0.3, 0.4) is 0 Å². The van der Waals surface area contributed by atoms with Crippen LogP contribution in [-0.4, -0.2) is 19.9 Å². The van der Waals surface area contributed by atoms with Gasteiger partial charge in [-0.05, 0) is 11.5 Å². The Bertz CT molecular complexity index is 464.